The third-order valence-corrected chi connectivity index (χ3v) is 6.33. The Morgan fingerprint density at radius 1 is 1.13 bits per heavy atom. The van der Waals surface area contributed by atoms with Gasteiger partial charge in [0.25, 0.3) is 0 Å². The number of nitrogens with one attached hydrogen (secondary N) is 3. The quantitative estimate of drug-likeness (QED) is 0.518. The Hall–Kier alpha value is -2.61. The summed E-state index contributed by atoms with van der Waals surface area (Å²) < 4.78 is 5.24. The van der Waals surface area contributed by atoms with Crippen LogP contribution in [-0.4, -0.2) is 61.6 Å². The first-order valence-corrected chi connectivity index (χ1v) is 11.1. The van der Waals surface area contributed by atoms with Crippen molar-refractivity contribution in [1.29, 1.82) is 0 Å². The lowest BCUT2D eigenvalue weighted by Crippen LogP contribution is -2.55. The average Bonchev–Trinajstić information content (AvgIpc) is 3.28. The summed E-state index contributed by atoms with van der Waals surface area (Å²) in [7, 11) is 1.68. The largest absolute Gasteiger partial charge is 0.497 e. The summed E-state index contributed by atoms with van der Waals surface area (Å²) in [5, 5.41) is 19.8. The first-order chi connectivity index (χ1) is 15.1. The highest BCUT2D eigenvalue weighted by molar-refractivity contribution is 5.73. The summed E-state index contributed by atoms with van der Waals surface area (Å²) in [5.74, 6) is 0.607. The van der Waals surface area contributed by atoms with E-state index in [2.05, 4.69) is 57.2 Å². The number of carboxylic acids is 1. The minimum absolute atomic E-state index is 0.0290. The van der Waals surface area contributed by atoms with E-state index in [9.17, 15) is 9.90 Å². The molecule has 2 saturated heterocycles. The topological polar surface area (TPSA) is 85.9 Å². The second kappa shape index (κ2) is 10.1. The standard InChI is InChI=1S/C24H32N4O3/c1-31-21-10-6-18(7-11-21)19-15-25-24(26-16-19)27-20-8-4-17(5-9-20)12-14-28-13-2-3-22(28)23(29)30/h4-11,19,22,24-27H,2-3,12-16H2,1H3,(H,29,30)/t19?,22-,24?/m0/s1. The predicted octanol–water partition coefficient (Wildman–Crippen LogP) is 2.46. The highest BCUT2D eigenvalue weighted by Crippen LogP contribution is 2.21. The fourth-order valence-electron chi connectivity index (χ4n) is 4.46. The van der Waals surface area contributed by atoms with E-state index >= 15 is 0 Å². The number of carboxylic acid groups (broad SMARTS) is 1. The Bertz CT molecular complexity index is 848. The van der Waals surface area contributed by atoms with Gasteiger partial charge in [0.2, 0.25) is 0 Å². The van der Waals surface area contributed by atoms with Gasteiger partial charge in [0.1, 0.15) is 18.1 Å². The van der Waals surface area contributed by atoms with Crippen LogP contribution in [0.5, 0.6) is 5.75 Å². The van der Waals surface area contributed by atoms with Crippen molar-refractivity contribution in [3.63, 3.8) is 0 Å². The molecule has 166 valence electrons. The molecule has 0 saturated carbocycles. The van der Waals surface area contributed by atoms with Gasteiger partial charge in [0.15, 0.2) is 0 Å². The minimum atomic E-state index is -0.696. The normalized spacial score (nSPS) is 24.1. The van der Waals surface area contributed by atoms with Crippen LogP contribution in [0.2, 0.25) is 0 Å². The number of methoxy groups -OCH3 is 1. The molecule has 7 heteroatoms. The Balaban J connectivity index is 1.23. The van der Waals surface area contributed by atoms with Crippen LogP contribution in [0.3, 0.4) is 0 Å². The van der Waals surface area contributed by atoms with E-state index in [-0.39, 0.29) is 12.3 Å². The van der Waals surface area contributed by atoms with E-state index in [4.69, 9.17) is 4.74 Å². The maximum absolute atomic E-state index is 11.3. The van der Waals surface area contributed by atoms with E-state index in [0.29, 0.717) is 5.92 Å². The van der Waals surface area contributed by atoms with Crippen molar-refractivity contribution in [3.8, 4) is 5.75 Å². The summed E-state index contributed by atoms with van der Waals surface area (Å²) in [6.07, 6.45) is 2.63. The van der Waals surface area contributed by atoms with Crippen molar-refractivity contribution in [1.82, 2.24) is 15.5 Å². The molecule has 4 N–H and O–H groups in total. The lowest BCUT2D eigenvalue weighted by atomic mass is 9.97. The van der Waals surface area contributed by atoms with Crippen LogP contribution in [0.1, 0.15) is 29.9 Å². The van der Waals surface area contributed by atoms with Gasteiger partial charge in [-0.1, -0.05) is 24.3 Å². The fourth-order valence-corrected chi connectivity index (χ4v) is 4.46. The second-order valence-electron chi connectivity index (χ2n) is 8.34. The van der Waals surface area contributed by atoms with Gasteiger partial charge >= 0.3 is 5.97 Å². The van der Waals surface area contributed by atoms with Crippen LogP contribution < -0.4 is 20.7 Å². The predicted molar refractivity (Wildman–Crippen MR) is 122 cm³/mol. The summed E-state index contributed by atoms with van der Waals surface area (Å²) >= 11 is 0. The Labute approximate surface area is 183 Å². The molecule has 2 heterocycles. The first-order valence-electron chi connectivity index (χ1n) is 11.1. The highest BCUT2D eigenvalue weighted by atomic mass is 16.5. The number of aliphatic carboxylic acids is 1. The molecule has 1 atom stereocenters. The monoisotopic (exact) mass is 424 g/mol. The SMILES string of the molecule is COc1ccc(C2CNC(Nc3ccc(CCN4CCC[C@H]4C(=O)O)cc3)NC2)cc1. The average molecular weight is 425 g/mol. The molecule has 7 nitrogen and oxygen atoms in total. The molecule has 2 aromatic rings. The van der Waals surface area contributed by atoms with Crippen molar-refractivity contribution < 1.29 is 14.6 Å². The number of rotatable bonds is 8. The third-order valence-electron chi connectivity index (χ3n) is 6.33. The number of anilines is 1. The molecule has 2 aliphatic rings. The zero-order chi connectivity index (χ0) is 21.6. The number of hydrogen-bond acceptors (Lipinski definition) is 6. The number of hydrogen-bond donors (Lipinski definition) is 4. The van der Waals surface area contributed by atoms with Crippen LogP contribution in [0, 0.1) is 0 Å². The molecule has 0 amide bonds. The lowest BCUT2D eigenvalue weighted by Gasteiger charge is -2.32. The Kier molecular flexibility index (Phi) is 7.06. The van der Waals surface area contributed by atoms with E-state index in [1.165, 1.54) is 11.1 Å². The van der Waals surface area contributed by atoms with Gasteiger partial charge < -0.3 is 15.2 Å². The van der Waals surface area contributed by atoms with E-state index < -0.39 is 5.97 Å². The molecule has 0 aliphatic carbocycles. The van der Waals surface area contributed by atoms with Gasteiger partial charge in [0.05, 0.1) is 7.11 Å². The van der Waals surface area contributed by atoms with Gasteiger partial charge in [-0.05, 0) is 61.2 Å². The van der Waals surface area contributed by atoms with E-state index in [1.807, 2.05) is 12.1 Å². The van der Waals surface area contributed by atoms with Crippen LogP contribution in [0.25, 0.3) is 0 Å². The second-order valence-corrected chi connectivity index (χ2v) is 8.34. The van der Waals surface area contributed by atoms with Crippen molar-refractivity contribution in [3.05, 3.63) is 59.7 Å². The highest BCUT2D eigenvalue weighted by Gasteiger charge is 2.29. The molecule has 0 spiro atoms. The van der Waals surface area contributed by atoms with Crippen molar-refractivity contribution in [2.75, 3.05) is 38.6 Å². The molecule has 2 aromatic carbocycles. The molecule has 0 bridgehead atoms. The number of likely N-dealkylation sites (tertiary alicyclic amines) is 1. The van der Waals surface area contributed by atoms with Gasteiger partial charge in [-0.2, -0.15) is 0 Å². The molecule has 0 unspecified atom stereocenters. The molecule has 0 aromatic heterocycles. The number of benzene rings is 2. The molecular weight excluding hydrogens is 392 g/mol. The summed E-state index contributed by atoms with van der Waals surface area (Å²) in [6, 6.07) is 16.4. The molecular formula is C24H32N4O3. The summed E-state index contributed by atoms with van der Waals surface area (Å²) in [4.78, 5) is 13.4. The van der Waals surface area contributed by atoms with Crippen LogP contribution >= 0.6 is 0 Å². The van der Waals surface area contributed by atoms with E-state index in [1.54, 1.807) is 7.11 Å². The van der Waals surface area contributed by atoms with Gasteiger partial charge in [-0.25, -0.2) is 0 Å². The zero-order valence-corrected chi connectivity index (χ0v) is 18.0. The third kappa shape index (κ3) is 5.55. The molecule has 31 heavy (non-hydrogen) atoms. The number of carbonyl (C=O) groups is 1. The van der Waals surface area contributed by atoms with Crippen LogP contribution in [-0.2, 0) is 11.2 Å². The Morgan fingerprint density at radius 2 is 1.84 bits per heavy atom. The molecule has 4 rings (SSSR count). The Morgan fingerprint density at radius 3 is 2.48 bits per heavy atom. The smallest absolute Gasteiger partial charge is 0.320 e. The van der Waals surface area contributed by atoms with Gasteiger partial charge in [0, 0.05) is 31.2 Å². The number of nitrogens with zero attached hydrogens (tertiary/aromatic N) is 1. The molecule has 2 aliphatic heterocycles. The van der Waals surface area contributed by atoms with Crippen LogP contribution in [0.15, 0.2) is 48.5 Å². The first kappa shape index (κ1) is 21.6. The van der Waals surface area contributed by atoms with Crippen molar-refractivity contribution in [2.24, 2.45) is 0 Å². The van der Waals surface area contributed by atoms with Gasteiger partial charge in [-0.15, -0.1) is 0 Å². The van der Waals surface area contributed by atoms with Crippen molar-refractivity contribution in [2.45, 2.75) is 37.5 Å². The fraction of sp³-hybridized carbons (Fsp3) is 0.458. The van der Waals surface area contributed by atoms with Crippen molar-refractivity contribution >= 4 is 11.7 Å². The maximum atomic E-state index is 11.3. The molecule has 0 radical (unpaired) electrons. The maximum Gasteiger partial charge on any atom is 0.320 e. The van der Waals surface area contributed by atoms with Crippen LogP contribution in [0.4, 0.5) is 5.69 Å². The lowest BCUT2D eigenvalue weighted by molar-refractivity contribution is -0.142. The summed E-state index contributed by atoms with van der Waals surface area (Å²) in [5.41, 5.74) is 3.58. The number of ether oxygens (including phenoxy) is 1. The molecule has 2 fully saturated rings. The van der Waals surface area contributed by atoms with E-state index in [0.717, 1.165) is 56.9 Å². The minimum Gasteiger partial charge on any atom is -0.497 e. The van der Waals surface area contributed by atoms with Gasteiger partial charge in [-0.3, -0.25) is 20.3 Å². The summed E-state index contributed by atoms with van der Waals surface area (Å²) in [6.45, 7) is 3.47. The zero-order valence-electron chi connectivity index (χ0n) is 18.0.